The van der Waals surface area contributed by atoms with E-state index >= 15 is 0 Å². The standard InChI is InChI=1S/C12H15N3O4S2/c1-4-15-5-9(13-8(15)3)21(18,19)14-10-7(2)6-20-11(10)12(16)17/h5-6,14H,4H2,1-3H3,(H,16,17). The van der Waals surface area contributed by atoms with E-state index in [4.69, 9.17) is 5.11 Å². The molecule has 21 heavy (non-hydrogen) atoms. The van der Waals surface area contributed by atoms with Crippen molar-refractivity contribution in [2.75, 3.05) is 4.72 Å². The van der Waals surface area contributed by atoms with Crippen LogP contribution in [0.15, 0.2) is 16.6 Å². The van der Waals surface area contributed by atoms with E-state index in [1.807, 2.05) is 6.92 Å². The van der Waals surface area contributed by atoms with Gasteiger partial charge in [0.15, 0.2) is 5.03 Å². The Balaban J connectivity index is 2.42. The van der Waals surface area contributed by atoms with Crippen LogP contribution in [-0.2, 0) is 16.6 Å². The average Bonchev–Trinajstić information content (AvgIpc) is 2.94. The number of imidazole rings is 1. The highest BCUT2D eigenvalue weighted by molar-refractivity contribution is 7.92. The summed E-state index contributed by atoms with van der Waals surface area (Å²) in [5.41, 5.74) is 0.656. The minimum Gasteiger partial charge on any atom is -0.477 e. The van der Waals surface area contributed by atoms with Crippen molar-refractivity contribution in [2.45, 2.75) is 32.3 Å². The Kier molecular flexibility index (Phi) is 4.06. The molecule has 0 bridgehead atoms. The first kappa shape index (κ1) is 15.5. The third-order valence-corrected chi connectivity index (χ3v) is 5.28. The maximum Gasteiger partial charge on any atom is 0.348 e. The smallest absolute Gasteiger partial charge is 0.348 e. The van der Waals surface area contributed by atoms with Crippen LogP contribution in [0, 0.1) is 13.8 Å². The molecule has 0 unspecified atom stereocenters. The summed E-state index contributed by atoms with van der Waals surface area (Å²) in [7, 11) is -3.91. The molecule has 2 N–H and O–H groups in total. The number of aromatic nitrogens is 2. The van der Waals surface area contributed by atoms with Gasteiger partial charge >= 0.3 is 5.97 Å². The fourth-order valence-electron chi connectivity index (χ4n) is 1.84. The molecule has 0 aliphatic carbocycles. The third-order valence-electron chi connectivity index (χ3n) is 2.98. The summed E-state index contributed by atoms with van der Waals surface area (Å²) in [6.45, 7) is 5.84. The molecule has 0 aromatic carbocycles. The largest absolute Gasteiger partial charge is 0.477 e. The number of carboxylic acid groups (broad SMARTS) is 1. The van der Waals surface area contributed by atoms with Crippen LogP contribution in [0.25, 0.3) is 0 Å². The molecule has 7 nitrogen and oxygen atoms in total. The van der Waals surface area contributed by atoms with E-state index in [-0.39, 0.29) is 15.6 Å². The van der Waals surface area contributed by atoms with Crippen LogP contribution >= 0.6 is 11.3 Å². The molecule has 2 heterocycles. The van der Waals surface area contributed by atoms with Crippen molar-refractivity contribution in [1.82, 2.24) is 9.55 Å². The Bertz CT molecular complexity index is 790. The van der Waals surface area contributed by atoms with Crippen molar-refractivity contribution < 1.29 is 18.3 Å². The molecule has 0 radical (unpaired) electrons. The number of sulfonamides is 1. The number of hydrogen-bond donors (Lipinski definition) is 2. The first-order valence-corrected chi connectivity index (χ1v) is 8.50. The lowest BCUT2D eigenvalue weighted by atomic mass is 10.3. The predicted octanol–water partition coefficient (Wildman–Crippen LogP) is 2.08. The summed E-state index contributed by atoms with van der Waals surface area (Å²) in [5.74, 6) is -0.584. The number of carboxylic acids is 1. The summed E-state index contributed by atoms with van der Waals surface area (Å²) >= 11 is 0.981. The van der Waals surface area contributed by atoms with Gasteiger partial charge in [0.05, 0.1) is 5.69 Å². The fourth-order valence-corrected chi connectivity index (χ4v) is 3.91. The molecule has 0 spiro atoms. The van der Waals surface area contributed by atoms with E-state index in [1.54, 1.807) is 23.8 Å². The zero-order valence-electron chi connectivity index (χ0n) is 11.7. The topological polar surface area (TPSA) is 101 Å². The molecular weight excluding hydrogens is 314 g/mol. The van der Waals surface area contributed by atoms with E-state index in [9.17, 15) is 13.2 Å². The highest BCUT2D eigenvalue weighted by Gasteiger charge is 2.24. The molecular formula is C12H15N3O4S2. The van der Waals surface area contributed by atoms with Gasteiger partial charge in [0.2, 0.25) is 0 Å². The van der Waals surface area contributed by atoms with E-state index in [2.05, 4.69) is 9.71 Å². The Hall–Kier alpha value is -1.87. The Morgan fingerprint density at radius 2 is 2.14 bits per heavy atom. The Morgan fingerprint density at radius 3 is 2.67 bits per heavy atom. The summed E-state index contributed by atoms with van der Waals surface area (Å²) < 4.78 is 28.7. The molecule has 9 heteroatoms. The normalized spacial score (nSPS) is 11.6. The molecule has 0 saturated heterocycles. The molecule has 2 rings (SSSR count). The van der Waals surface area contributed by atoms with Crippen molar-refractivity contribution in [3.8, 4) is 0 Å². The van der Waals surface area contributed by atoms with Crippen LogP contribution in [0.3, 0.4) is 0 Å². The second-order valence-corrected chi connectivity index (χ2v) is 6.95. The predicted molar refractivity (Wildman–Crippen MR) is 79.5 cm³/mol. The minimum absolute atomic E-state index is 0.0391. The van der Waals surface area contributed by atoms with E-state index < -0.39 is 16.0 Å². The molecule has 0 aliphatic heterocycles. The molecule has 114 valence electrons. The lowest BCUT2D eigenvalue weighted by molar-refractivity contribution is 0.0703. The molecule has 0 amide bonds. The van der Waals surface area contributed by atoms with E-state index in [1.165, 1.54) is 6.20 Å². The van der Waals surface area contributed by atoms with E-state index in [0.29, 0.717) is 17.9 Å². The second kappa shape index (κ2) is 5.49. The number of hydrogen-bond acceptors (Lipinski definition) is 5. The average molecular weight is 329 g/mol. The van der Waals surface area contributed by atoms with Gasteiger partial charge in [-0.05, 0) is 31.7 Å². The first-order valence-electron chi connectivity index (χ1n) is 6.14. The molecule has 0 saturated carbocycles. The molecule has 2 aromatic heterocycles. The fraction of sp³-hybridized carbons (Fsp3) is 0.333. The van der Waals surface area contributed by atoms with Gasteiger partial charge in [0, 0.05) is 12.7 Å². The summed E-state index contributed by atoms with van der Waals surface area (Å²) in [4.78, 5) is 15.1. The van der Waals surface area contributed by atoms with Crippen LogP contribution in [0.5, 0.6) is 0 Å². The maximum atomic E-state index is 12.3. The van der Waals surface area contributed by atoms with Crippen LogP contribution in [0.2, 0.25) is 0 Å². The van der Waals surface area contributed by atoms with Crippen molar-refractivity contribution in [3.63, 3.8) is 0 Å². The van der Waals surface area contributed by atoms with Crippen LogP contribution in [0.1, 0.15) is 28.0 Å². The third kappa shape index (κ3) is 2.93. The van der Waals surface area contributed by atoms with Gasteiger partial charge < -0.3 is 9.67 Å². The highest BCUT2D eigenvalue weighted by atomic mass is 32.2. The van der Waals surface area contributed by atoms with Crippen molar-refractivity contribution in [3.05, 3.63) is 27.8 Å². The SMILES string of the molecule is CCn1cc(S(=O)(=O)Nc2c(C)csc2C(=O)O)nc1C. The highest BCUT2D eigenvalue weighted by Crippen LogP contribution is 2.29. The number of aromatic carboxylic acids is 1. The van der Waals surface area contributed by atoms with Crippen LogP contribution in [-0.4, -0.2) is 29.0 Å². The van der Waals surface area contributed by atoms with Gasteiger partial charge in [-0.15, -0.1) is 11.3 Å². The number of nitrogens with one attached hydrogen (secondary N) is 1. The lowest BCUT2D eigenvalue weighted by Crippen LogP contribution is -2.15. The van der Waals surface area contributed by atoms with Gasteiger partial charge in [-0.25, -0.2) is 9.78 Å². The maximum absolute atomic E-state index is 12.3. The van der Waals surface area contributed by atoms with Crippen molar-refractivity contribution >= 4 is 33.0 Å². The number of aryl methyl sites for hydroxylation is 3. The van der Waals surface area contributed by atoms with Gasteiger partial charge in [-0.2, -0.15) is 8.42 Å². The second-order valence-electron chi connectivity index (χ2n) is 4.45. The van der Waals surface area contributed by atoms with Crippen LogP contribution < -0.4 is 4.72 Å². The summed E-state index contributed by atoms with van der Waals surface area (Å²) in [6.07, 6.45) is 1.43. The molecule has 0 fully saturated rings. The Labute approximate surface area is 126 Å². The first-order chi connectivity index (χ1) is 9.76. The summed E-state index contributed by atoms with van der Waals surface area (Å²) in [5, 5.41) is 10.6. The summed E-state index contributed by atoms with van der Waals surface area (Å²) in [6, 6.07) is 0. The monoisotopic (exact) mass is 329 g/mol. The lowest BCUT2D eigenvalue weighted by Gasteiger charge is -2.06. The van der Waals surface area contributed by atoms with Crippen molar-refractivity contribution in [1.29, 1.82) is 0 Å². The number of carbonyl (C=O) groups is 1. The molecule has 2 aromatic rings. The van der Waals surface area contributed by atoms with Gasteiger partial charge in [-0.1, -0.05) is 0 Å². The van der Waals surface area contributed by atoms with Crippen molar-refractivity contribution in [2.24, 2.45) is 0 Å². The minimum atomic E-state index is -3.91. The van der Waals surface area contributed by atoms with Gasteiger partial charge in [0.1, 0.15) is 10.7 Å². The van der Waals surface area contributed by atoms with Gasteiger partial charge in [0.25, 0.3) is 10.0 Å². The van der Waals surface area contributed by atoms with Crippen LogP contribution in [0.4, 0.5) is 5.69 Å². The number of anilines is 1. The number of thiophene rings is 1. The zero-order valence-corrected chi connectivity index (χ0v) is 13.4. The Morgan fingerprint density at radius 1 is 1.48 bits per heavy atom. The molecule has 0 atom stereocenters. The molecule has 0 aliphatic rings. The van der Waals surface area contributed by atoms with Gasteiger partial charge in [-0.3, -0.25) is 4.72 Å². The number of rotatable bonds is 5. The number of nitrogens with zero attached hydrogens (tertiary/aromatic N) is 2. The zero-order chi connectivity index (χ0) is 15.8. The van der Waals surface area contributed by atoms with E-state index in [0.717, 1.165) is 11.3 Å². The quantitative estimate of drug-likeness (QED) is 0.874.